The second-order valence-electron chi connectivity index (χ2n) is 5.32. The van der Waals surface area contributed by atoms with Crippen molar-refractivity contribution in [2.45, 2.75) is 17.7 Å². The molecule has 0 unspecified atom stereocenters. The van der Waals surface area contributed by atoms with E-state index in [9.17, 15) is 18.0 Å². The quantitative estimate of drug-likeness (QED) is 0.754. The summed E-state index contributed by atoms with van der Waals surface area (Å²) in [6.45, 7) is 0.897. The van der Waals surface area contributed by atoms with E-state index in [4.69, 9.17) is 0 Å². The zero-order chi connectivity index (χ0) is 16.3. The lowest BCUT2D eigenvalue weighted by molar-refractivity contribution is -0.121. The molecule has 1 aliphatic rings. The molecule has 0 spiro atoms. The minimum atomic E-state index is -3.59. The minimum Gasteiger partial charge on any atom is -0.308 e. The van der Waals surface area contributed by atoms with Gasteiger partial charge in [-0.15, -0.1) is 0 Å². The second kappa shape index (κ2) is 6.55. The highest BCUT2D eigenvalue weighted by Crippen LogP contribution is 2.23. The van der Waals surface area contributed by atoms with Gasteiger partial charge in [-0.3, -0.25) is 14.5 Å². The summed E-state index contributed by atoms with van der Waals surface area (Å²) in [4.78, 5) is 26.4. The molecule has 0 aliphatic carbocycles. The van der Waals surface area contributed by atoms with Crippen LogP contribution in [0.4, 0.5) is 5.69 Å². The number of anilines is 1. The van der Waals surface area contributed by atoms with Crippen LogP contribution >= 0.6 is 0 Å². The van der Waals surface area contributed by atoms with Gasteiger partial charge in [0.05, 0.1) is 10.6 Å². The van der Waals surface area contributed by atoms with Gasteiger partial charge in [0.1, 0.15) is 0 Å². The summed E-state index contributed by atoms with van der Waals surface area (Å²) in [5, 5.41) is 0. The van der Waals surface area contributed by atoms with Crippen LogP contribution in [-0.4, -0.2) is 52.3 Å². The summed E-state index contributed by atoms with van der Waals surface area (Å²) in [6, 6.07) is 5.74. The summed E-state index contributed by atoms with van der Waals surface area (Å²) < 4.78 is 26.7. The first kappa shape index (κ1) is 16.6. The molecule has 0 radical (unpaired) electrons. The predicted octanol–water partition coefficient (Wildman–Crippen LogP) is 0.180. The fourth-order valence-corrected chi connectivity index (χ4v) is 3.15. The van der Waals surface area contributed by atoms with Crippen molar-refractivity contribution in [1.82, 2.24) is 9.62 Å². The Balaban J connectivity index is 2.11. The van der Waals surface area contributed by atoms with E-state index in [1.165, 1.54) is 24.3 Å². The van der Waals surface area contributed by atoms with Crippen LogP contribution in [0.1, 0.15) is 12.8 Å². The Bertz CT molecular complexity index is 652. The van der Waals surface area contributed by atoms with Crippen LogP contribution in [0.25, 0.3) is 0 Å². The van der Waals surface area contributed by atoms with Crippen molar-refractivity contribution in [1.29, 1.82) is 0 Å². The molecule has 0 bridgehead atoms. The largest absolute Gasteiger partial charge is 0.308 e. The third-order valence-electron chi connectivity index (χ3n) is 3.31. The Labute approximate surface area is 129 Å². The van der Waals surface area contributed by atoms with E-state index >= 15 is 0 Å². The topological polar surface area (TPSA) is 86.8 Å². The van der Waals surface area contributed by atoms with E-state index in [1.54, 1.807) is 0 Å². The number of amides is 2. The molecule has 1 aromatic rings. The van der Waals surface area contributed by atoms with Crippen LogP contribution in [0, 0.1) is 0 Å². The molecular formula is C14H19N3O4S. The lowest BCUT2D eigenvalue weighted by atomic mass is 10.3. The highest BCUT2D eigenvalue weighted by molar-refractivity contribution is 7.89. The molecule has 1 fully saturated rings. The maximum Gasteiger partial charge on any atom is 0.240 e. The molecule has 7 nitrogen and oxygen atoms in total. The first-order valence-corrected chi connectivity index (χ1v) is 8.40. The van der Waals surface area contributed by atoms with Crippen LogP contribution in [0.15, 0.2) is 29.2 Å². The monoisotopic (exact) mass is 325 g/mol. The van der Waals surface area contributed by atoms with Crippen molar-refractivity contribution in [3.63, 3.8) is 0 Å². The van der Waals surface area contributed by atoms with E-state index in [2.05, 4.69) is 4.72 Å². The molecule has 0 saturated carbocycles. The second-order valence-corrected chi connectivity index (χ2v) is 7.08. The molecule has 2 amide bonds. The van der Waals surface area contributed by atoms with Crippen LogP contribution in [0.5, 0.6) is 0 Å². The van der Waals surface area contributed by atoms with Gasteiger partial charge in [-0.2, -0.15) is 0 Å². The highest BCUT2D eigenvalue weighted by Gasteiger charge is 2.30. The predicted molar refractivity (Wildman–Crippen MR) is 81.9 cm³/mol. The first-order valence-electron chi connectivity index (χ1n) is 6.91. The summed E-state index contributed by atoms with van der Waals surface area (Å²) in [5.74, 6) is -0.519. The number of likely N-dealkylation sites (N-methyl/N-ethyl adjacent to an activating group) is 1. The van der Waals surface area contributed by atoms with Crippen LogP contribution in [-0.2, 0) is 19.6 Å². The van der Waals surface area contributed by atoms with E-state index in [-0.39, 0.29) is 29.6 Å². The van der Waals surface area contributed by atoms with Gasteiger partial charge in [0.15, 0.2) is 0 Å². The highest BCUT2D eigenvalue weighted by atomic mass is 32.2. The number of rotatable bonds is 6. The maximum atomic E-state index is 12.1. The number of nitrogens with one attached hydrogen (secondary N) is 1. The molecule has 8 heteroatoms. The van der Waals surface area contributed by atoms with Gasteiger partial charge < -0.3 is 4.90 Å². The van der Waals surface area contributed by atoms with Crippen molar-refractivity contribution < 1.29 is 18.0 Å². The average Bonchev–Trinajstić information content (AvgIpc) is 2.78. The lowest BCUT2D eigenvalue weighted by Crippen LogP contribution is -2.31. The molecule has 0 atom stereocenters. The van der Waals surface area contributed by atoms with Crippen molar-refractivity contribution in [2.75, 3.05) is 32.1 Å². The van der Waals surface area contributed by atoms with Crippen molar-refractivity contribution in [3.8, 4) is 0 Å². The van der Waals surface area contributed by atoms with E-state index in [0.29, 0.717) is 18.8 Å². The molecule has 120 valence electrons. The van der Waals surface area contributed by atoms with Crippen LogP contribution < -0.4 is 9.62 Å². The summed E-state index contributed by atoms with van der Waals surface area (Å²) in [6.07, 6.45) is 0.399. The number of sulfonamides is 1. The SMILES string of the molecule is CN(C)CCNS(=O)(=O)c1ccc(N2C(=O)CCC2=O)cc1. The Morgan fingerprint density at radius 1 is 1.09 bits per heavy atom. The van der Waals surface area contributed by atoms with Gasteiger partial charge in [0.2, 0.25) is 21.8 Å². The van der Waals surface area contributed by atoms with Crippen LogP contribution in [0.3, 0.4) is 0 Å². The number of carbonyl (C=O) groups is 2. The molecule has 1 aromatic carbocycles. The molecular weight excluding hydrogens is 306 g/mol. The summed E-state index contributed by atoms with van der Waals surface area (Å²) >= 11 is 0. The van der Waals surface area contributed by atoms with E-state index in [0.717, 1.165) is 4.90 Å². The zero-order valence-electron chi connectivity index (χ0n) is 12.6. The number of hydrogen-bond acceptors (Lipinski definition) is 5. The Morgan fingerprint density at radius 2 is 1.64 bits per heavy atom. The number of hydrogen-bond donors (Lipinski definition) is 1. The number of carbonyl (C=O) groups excluding carboxylic acids is 2. The van der Waals surface area contributed by atoms with E-state index < -0.39 is 10.0 Å². The fraction of sp³-hybridized carbons (Fsp3) is 0.429. The zero-order valence-corrected chi connectivity index (χ0v) is 13.4. The fourth-order valence-electron chi connectivity index (χ4n) is 2.13. The Hall–Kier alpha value is -1.77. The van der Waals surface area contributed by atoms with Gasteiger partial charge in [0, 0.05) is 25.9 Å². The molecule has 2 rings (SSSR count). The summed E-state index contributed by atoms with van der Waals surface area (Å²) in [5.41, 5.74) is 0.403. The van der Waals surface area contributed by atoms with Crippen molar-refractivity contribution in [2.24, 2.45) is 0 Å². The molecule has 22 heavy (non-hydrogen) atoms. The minimum absolute atomic E-state index is 0.106. The van der Waals surface area contributed by atoms with Crippen LogP contribution in [0.2, 0.25) is 0 Å². The van der Waals surface area contributed by atoms with Gasteiger partial charge in [-0.1, -0.05) is 0 Å². The third kappa shape index (κ3) is 3.70. The first-order chi connectivity index (χ1) is 10.3. The summed E-state index contributed by atoms with van der Waals surface area (Å²) in [7, 11) is 0.120. The molecule has 0 aromatic heterocycles. The molecule has 1 heterocycles. The maximum absolute atomic E-state index is 12.1. The normalized spacial score (nSPS) is 15.9. The van der Waals surface area contributed by atoms with Gasteiger partial charge >= 0.3 is 0 Å². The van der Waals surface area contributed by atoms with Crippen molar-refractivity contribution in [3.05, 3.63) is 24.3 Å². The Kier molecular flexibility index (Phi) is 4.94. The lowest BCUT2D eigenvalue weighted by Gasteiger charge is -2.15. The number of benzene rings is 1. The molecule has 1 N–H and O–H groups in total. The number of nitrogens with zero attached hydrogens (tertiary/aromatic N) is 2. The van der Waals surface area contributed by atoms with E-state index in [1.807, 2.05) is 19.0 Å². The number of imide groups is 1. The Morgan fingerprint density at radius 3 is 2.14 bits per heavy atom. The average molecular weight is 325 g/mol. The van der Waals surface area contributed by atoms with Crippen molar-refractivity contribution >= 4 is 27.5 Å². The smallest absolute Gasteiger partial charge is 0.240 e. The van der Waals surface area contributed by atoms with Gasteiger partial charge in [-0.05, 0) is 38.4 Å². The van der Waals surface area contributed by atoms with Gasteiger partial charge in [-0.25, -0.2) is 13.1 Å². The standard InChI is InChI=1S/C14H19N3O4S/c1-16(2)10-9-15-22(20,21)12-5-3-11(4-6-12)17-13(18)7-8-14(17)19/h3-6,15H,7-10H2,1-2H3. The molecule has 1 saturated heterocycles. The van der Waals surface area contributed by atoms with Gasteiger partial charge in [0.25, 0.3) is 0 Å². The third-order valence-corrected chi connectivity index (χ3v) is 4.78. The molecule has 1 aliphatic heterocycles.